The summed E-state index contributed by atoms with van der Waals surface area (Å²) in [5, 5.41) is 12.9. The molecule has 0 aliphatic carbocycles. The predicted molar refractivity (Wildman–Crippen MR) is 260 cm³/mol. The van der Waals surface area contributed by atoms with Crippen LogP contribution in [-0.4, -0.2) is 0 Å². The predicted octanol–water partition coefficient (Wildman–Crippen LogP) is -2.46. The zero-order chi connectivity index (χ0) is 38.7. The molecule has 0 unspecified atom stereocenters. The van der Waals surface area contributed by atoms with Crippen molar-refractivity contribution >= 4 is 71.5 Å². The van der Waals surface area contributed by atoms with Crippen LogP contribution in [0.3, 0.4) is 0 Å². The standard InChI is InChI=1S/3C18H15P.4ClH.Rh/c3*1-4-10-16(11-5-1)19(17-12-6-2-7-13-17)18-14-8-3-9-15-18;;;;;/h3*1-15H;4*1H;/q;;;;;;;+1/p-1. The molecule has 0 fully saturated rings. The molecule has 0 aromatic heterocycles. The van der Waals surface area contributed by atoms with Gasteiger partial charge in [0.2, 0.25) is 0 Å². The van der Waals surface area contributed by atoms with Crippen LogP contribution in [0.4, 0.5) is 0 Å². The van der Waals surface area contributed by atoms with E-state index in [0.717, 1.165) is 0 Å². The van der Waals surface area contributed by atoms with Crippen molar-refractivity contribution in [2.24, 2.45) is 0 Å². The van der Waals surface area contributed by atoms with E-state index in [-0.39, 0.29) is 69.1 Å². The molecule has 0 heterocycles. The molecule has 0 spiro atoms. The van der Waals surface area contributed by atoms with Crippen molar-refractivity contribution in [3.8, 4) is 0 Å². The molecule has 0 amide bonds. The van der Waals surface area contributed by atoms with Crippen molar-refractivity contribution in [1.82, 2.24) is 0 Å². The first-order chi connectivity index (χ1) is 28.3. The van der Waals surface area contributed by atoms with Crippen molar-refractivity contribution < 1.29 is 69.1 Å². The molecule has 316 valence electrons. The molecule has 9 rings (SSSR count). The third kappa shape index (κ3) is 15.7. The molecule has 0 N–H and O–H groups in total. The van der Waals surface area contributed by atoms with Crippen LogP contribution >= 0.6 is 23.8 Å². The average molecular weight is 1030 g/mol. The zero-order valence-corrected chi connectivity index (χ0v) is 41.5. The van der Waals surface area contributed by atoms with E-state index >= 15 is 0 Å². The Labute approximate surface area is 410 Å². The van der Waals surface area contributed by atoms with Crippen LogP contribution in [0.2, 0.25) is 0 Å². The van der Waals surface area contributed by atoms with E-state index in [0.29, 0.717) is 0 Å². The summed E-state index contributed by atoms with van der Waals surface area (Å²) in [6, 6.07) is 97.5. The normalized spacial score (nSPS) is 9.73. The Morgan fingerprint density at radius 2 is 0.226 bits per heavy atom. The van der Waals surface area contributed by atoms with Gasteiger partial charge in [-0.3, -0.25) is 0 Å². The fourth-order valence-electron chi connectivity index (χ4n) is 6.94. The first-order valence-corrected chi connectivity index (χ1v) is 23.9. The Kier molecular flexibility index (Phi) is 26.4. The van der Waals surface area contributed by atoms with Crippen molar-refractivity contribution in [1.29, 1.82) is 0 Å². The molecule has 0 aliphatic rings. The third-order valence-electron chi connectivity index (χ3n) is 9.56. The summed E-state index contributed by atoms with van der Waals surface area (Å²) in [6.45, 7) is 0. The topological polar surface area (TPSA) is 0 Å². The van der Waals surface area contributed by atoms with Crippen LogP contribution in [0.25, 0.3) is 0 Å². The van der Waals surface area contributed by atoms with Gasteiger partial charge in [0, 0.05) is 0 Å². The smallest absolute Gasteiger partial charge is 1.00 e. The Hall–Kier alpha value is -3.95. The van der Waals surface area contributed by atoms with Crippen LogP contribution in [-0.2, 0) is 19.5 Å². The quantitative estimate of drug-likeness (QED) is 0.112. The molecule has 0 radical (unpaired) electrons. The fraction of sp³-hybridized carbons (Fsp3) is 0. The summed E-state index contributed by atoms with van der Waals surface area (Å²) in [6.07, 6.45) is 0. The summed E-state index contributed by atoms with van der Waals surface area (Å²) in [5.41, 5.74) is 0. The van der Waals surface area contributed by atoms with Gasteiger partial charge in [0.05, 0.1) is 23.8 Å². The minimum absolute atomic E-state index is 0. The van der Waals surface area contributed by atoms with Crippen LogP contribution in [0.15, 0.2) is 273 Å². The second-order valence-corrected chi connectivity index (χ2v) is 20.9. The van der Waals surface area contributed by atoms with E-state index < -0.39 is 23.8 Å². The van der Waals surface area contributed by atoms with Gasteiger partial charge in [-0.15, -0.1) is 0 Å². The number of hydrogen-bond donors (Lipinski definition) is 0. The third-order valence-corrected chi connectivity index (χ3v) is 17.8. The summed E-state index contributed by atoms with van der Waals surface area (Å²) in [5.74, 6) is 0. The summed E-state index contributed by atoms with van der Waals surface area (Å²) < 4.78 is 0. The Morgan fingerprint density at radius 3 is 0.306 bits per heavy atom. The second kappa shape index (κ2) is 30.2. The van der Waals surface area contributed by atoms with Crippen molar-refractivity contribution in [3.05, 3.63) is 273 Å². The van der Waals surface area contributed by atoms with Gasteiger partial charge in [0.1, 0.15) is 47.7 Å². The first-order valence-electron chi connectivity index (χ1n) is 19.4. The maximum atomic E-state index is 2.24. The minimum Gasteiger partial charge on any atom is -1.00 e. The van der Waals surface area contributed by atoms with Crippen LogP contribution < -0.4 is 97.4 Å². The largest absolute Gasteiger partial charge is 1.00 e. The molecule has 9 aromatic rings. The minimum atomic E-state index is -0.877. The van der Waals surface area contributed by atoms with E-state index in [1.807, 2.05) is 0 Å². The Morgan fingerprint density at radius 1 is 0.145 bits per heavy atom. The van der Waals surface area contributed by atoms with E-state index in [4.69, 9.17) is 0 Å². The van der Waals surface area contributed by atoms with Crippen molar-refractivity contribution in [2.75, 3.05) is 0 Å². The van der Waals surface area contributed by atoms with Gasteiger partial charge in [0.25, 0.3) is 0 Å². The fourth-order valence-corrected chi connectivity index (χ4v) is 14.7. The van der Waals surface area contributed by atoms with Crippen molar-refractivity contribution in [2.45, 2.75) is 0 Å². The molecular weight excluding hydrogens is 986 g/mol. The monoisotopic (exact) mass is 1030 g/mol. The molecule has 8 heteroatoms. The molecule has 62 heavy (non-hydrogen) atoms. The van der Waals surface area contributed by atoms with Gasteiger partial charge in [-0.05, 0) is 109 Å². The van der Waals surface area contributed by atoms with Gasteiger partial charge in [-0.25, -0.2) is 0 Å². The number of benzene rings is 9. The van der Waals surface area contributed by atoms with Crippen LogP contribution in [0, 0.1) is 0 Å². The number of rotatable bonds is 9. The molecule has 0 saturated carbocycles. The number of hydrogen-bond acceptors (Lipinski definition) is 0. The summed E-state index contributed by atoms with van der Waals surface area (Å²) in [7, 11) is -2.63. The van der Waals surface area contributed by atoms with E-state index in [1.54, 1.807) is 0 Å². The van der Waals surface area contributed by atoms with Gasteiger partial charge in [-0.2, -0.15) is 0 Å². The Balaban J connectivity index is 0.000000308. The summed E-state index contributed by atoms with van der Waals surface area (Å²) in [4.78, 5) is 0. The van der Waals surface area contributed by atoms with Gasteiger partial charge in [-0.1, -0.05) is 164 Å². The zero-order valence-electron chi connectivity index (χ0n) is 33.8. The number of halogens is 4. The molecule has 0 saturated heterocycles. The molecule has 0 atom stereocenters. The van der Waals surface area contributed by atoms with Gasteiger partial charge in [0.15, 0.2) is 0 Å². The SMILES string of the molecule is [Cl-].[Cl-].[Cl-].[Cl-].[Rh+].c1ccc([PH+](c2ccccc2)c2ccccc2)cc1.c1ccc([PH+](c2ccccc2)c2ccccc2)cc1.c1ccc([PH+](c2ccccc2)c2ccccc2)cc1. The molecular formula is C54H48Cl4P3Rh. The maximum Gasteiger partial charge on any atom is 1.00 e. The molecule has 0 bridgehead atoms. The van der Waals surface area contributed by atoms with E-state index in [1.165, 1.54) is 47.7 Å². The second-order valence-electron chi connectivity index (χ2n) is 13.4. The van der Waals surface area contributed by atoms with Crippen LogP contribution in [0.5, 0.6) is 0 Å². The first kappa shape index (κ1) is 54.2. The maximum absolute atomic E-state index is 2.24. The van der Waals surface area contributed by atoms with Crippen molar-refractivity contribution in [3.63, 3.8) is 0 Å². The molecule has 9 aromatic carbocycles. The molecule has 0 nitrogen and oxygen atoms in total. The van der Waals surface area contributed by atoms with E-state index in [9.17, 15) is 0 Å². The molecule has 0 aliphatic heterocycles. The van der Waals surface area contributed by atoms with Crippen LogP contribution in [0.1, 0.15) is 0 Å². The summed E-state index contributed by atoms with van der Waals surface area (Å²) >= 11 is 0. The average Bonchev–Trinajstić information content (AvgIpc) is 3.30. The van der Waals surface area contributed by atoms with Gasteiger partial charge < -0.3 is 49.6 Å². The van der Waals surface area contributed by atoms with Gasteiger partial charge >= 0.3 is 19.5 Å². The van der Waals surface area contributed by atoms with E-state index in [2.05, 4.69) is 273 Å². The Bertz CT molecular complexity index is 1880.